The van der Waals surface area contributed by atoms with Crippen LogP contribution < -0.4 is 10.9 Å². The number of ether oxygens (including phenoxy) is 1. The van der Waals surface area contributed by atoms with Crippen molar-refractivity contribution in [2.45, 2.75) is 12.5 Å². The lowest BCUT2D eigenvalue weighted by Crippen LogP contribution is -2.31. The number of hydrogen-bond acceptors (Lipinski definition) is 5. The minimum absolute atomic E-state index is 0.0206. The van der Waals surface area contributed by atoms with Crippen LogP contribution in [-0.4, -0.2) is 29.2 Å². The molecule has 0 saturated heterocycles. The van der Waals surface area contributed by atoms with Gasteiger partial charge in [0.1, 0.15) is 5.69 Å². The van der Waals surface area contributed by atoms with Gasteiger partial charge in [-0.05, 0) is 23.8 Å². The number of nitrogens with zero attached hydrogens (tertiary/aromatic N) is 1. The molecule has 0 unspecified atom stereocenters. The Balaban J connectivity index is 2.21. The van der Waals surface area contributed by atoms with E-state index in [1.54, 1.807) is 12.1 Å². The van der Waals surface area contributed by atoms with Crippen LogP contribution in [0.25, 0.3) is 0 Å². The molecule has 0 fully saturated rings. The van der Waals surface area contributed by atoms with Crippen molar-refractivity contribution in [1.82, 2.24) is 15.5 Å². The Morgan fingerprint density at radius 3 is 2.52 bits per heavy atom. The molecule has 7 nitrogen and oxygen atoms in total. The summed E-state index contributed by atoms with van der Waals surface area (Å²) in [4.78, 5) is 34.8. The fourth-order valence-electron chi connectivity index (χ4n) is 1.90. The van der Waals surface area contributed by atoms with Crippen LogP contribution in [0.3, 0.4) is 0 Å². The second-order valence-corrected chi connectivity index (χ2v) is 5.58. The zero-order chi connectivity index (χ0) is 16.8. The Morgan fingerprint density at radius 2 is 1.96 bits per heavy atom. The normalized spacial score (nSPS) is 11.6. The number of aromatic nitrogens is 2. The zero-order valence-electron chi connectivity index (χ0n) is 12.2. The van der Waals surface area contributed by atoms with Crippen LogP contribution in [0, 0.1) is 0 Å². The molecular formula is C15H14BrN3O4. The molecule has 0 saturated carbocycles. The highest BCUT2D eigenvalue weighted by molar-refractivity contribution is 9.10. The fourth-order valence-corrected chi connectivity index (χ4v) is 2.16. The Labute approximate surface area is 140 Å². The second-order valence-electron chi connectivity index (χ2n) is 4.66. The number of amides is 1. The quantitative estimate of drug-likeness (QED) is 0.767. The van der Waals surface area contributed by atoms with Gasteiger partial charge in [0, 0.05) is 10.5 Å². The van der Waals surface area contributed by atoms with E-state index in [4.69, 9.17) is 0 Å². The van der Waals surface area contributed by atoms with Crippen molar-refractivity contribution in [3.8, 4) is 0 Å². The lowest BCUT2D eigenvalue weighted by atomic mass is 10.0. The summed E-state index contributed by atoms with van der Waals surface area (Å²) in [7, 11) is 1.28. The van der Waals surface area contributed by atoms with Crippen LogP contribution in [0.2, 0.25) is 0 Å². The van der Waals surface area contributed by atoms with Crippen molar-refractivity contribution in [1.29, 1.82) is 0 Å². The molecule has 0 aliphatic rings. The summed E-state index contributed by atoms with van der Waals surface area (Å²) in [5.74, 6) is -0.953. The smallest absolute Gasteiger partial charge is 0.307 e. The summed E-state index contributed by atoms with van der Waals surface area (Å²) < 4.78 is 5.55. The number of rotatable bonds is 5. The molecule has 1 heterocycles. The monoisotopic (exact) mass is 379 g/mol. The number of aromatic amines is 1. The van der Waals surface area contributed by atoms with Crippen molar-refractivity contribution < 1.29 is 14.3 Å². The van der Waals surface area contributed by atoms with Crippen molar-refractivity contribution in [2.24, 2.45) is 0 Å². The number of carbonyl (C=O) groups is 2. The van der Waals surface area contributed by atoms with E-state index in [1.807, 2.05) is 12.1 Å². The molecule has 0 aliphatic carbocycles. The number of benzene rings is 1. The molecule has 0 bridgehead atoms. The second kappa shape index (κ2) is 7.68. The summed E-state index contributed by atoms with van der Waals surface area (Å²) in [6.45, 7) is 0. The van der Waals surface area contributed by atoms with Crippen LogP contribution >= 0.6 is 15.9 Å². The number of carbonyl (C=O) groups excluding carboxylic acids is 2. The fraction of sp³-hybridized carbons (Fsp3) is 0.200. The molecule has 0 aliphatic heterocycles. The topological polar surface area (TPSA) is 101 Å². The molecule has 23 heavy (non-hydrogen) atoms. The van der Waals surface area contributed by atoms with Gasteiger partial charge in [0.15, 0.2) is 0 Å². The number of hydrogen-bond donors (Lipinski definition) is 2. The van der Waals surface area contributed by atoms with Crippen LogP contribution in [0.15, 0.2) is 45.7 Å². The van der Waals surface area contributed by atoms with E-state index < -0.39 is 23.5 Å². The first-order valence-corrected chi connectivity index (χ1v) is 7.48. The largest absolute Gasteiger partial charge is 0.469 e. The average molecular weight is 380 g/mol. The van der Waals surface area contributed by atoms with Gasteiger partial charge >= 0.3 is 5.97 Å². The first-order valence-electron chi connectivity index (χ1n) is 6.68. The molecule has 2 N–H and O–H groups in total. The van der Waals surface area contributed by atoms with E-state index in [2.05, 4.69) is 36.2 Å². The molecule has 0 spiro atoms. The number of methoxy groups -OCH3 is 1. The highest BCUT2D eigenvalue weighted by Crippen LogP contribution is 2.20. The van der Waals surface area contributed by atoms with E-state index >= 15 is 0 Å². The molecule has 1 amide bonds. The molecular weight excluding hydrogens is 366 g/mol. The third kappa shape index (κ3) is 4.75. The third-order valence-electron chi connectivity index (χ3n) is 3.09. The molecule has 1 atom stereocenters. The first kappa shape index (κ1) is 16.9. The maximum Gasteiger partial charge on any atom is 0.307 e. The van der Waals surface area contributed by atoms with Gasteiger partial charge in [0.25, 0.3) is 11.5 Å². The van der Waals surface area contributed by atoms with Crippen molar-refractivity contribution in [3.05, 3.63) is 62.5 Å². The first-order chi connectivity index (χ1) is 11.0. The van der Waals surface area contributed by atoms with Gasteiger partial charge in [-0.1, -0.05) is 28.1 Å². The van der Waals surface area contributed by atoms with E-state index in [0.29, 0.717) is 0 Å². The Bertz CT molecular complexity index is 738. The van der Waals surface area contributed by atoms with Gasteiger partial charge in [-0.25, -0.2) is 5.10 Å². The average Bonchev–Trinajstić information content (AvgIpc) is 2.55. The minimum Gasteiger partial charge on any atom is -0.469 e. The standard InChI is InChI=1S/C15H14BrN3O4/c1-23-14(21)8-12(9-2-4-10(16)5-3-9)17-15(22)11-6-7-13(20)19-18-11/h2-7,12H,8H2,1H3,(H,17,22)(H,19,20)/t12-/m1/s1. The van der Waals surface area contributed by atoms with E-state index in [9.17, 15) is 14.4 Å². The summed E-state index contributed by atoms with van der Waals surface area (Å²) in [6.07, 6.45) is -0.0206. The molecule has 0 radical (unpaired) electrons. The highest BCUT2D eigenvalue weighted by atomic mass is 79.9. The Kier molecular flexibility index (Phi) is 5.64. The maximum absolute atomic E-state index is 12.2. The number of esters is 1. The van der Waals surface area contributed by atoms with Crippen molar-refractivity contribution >= 4 is 27.8 Å². The number of nitrogens with one attached hydrogen (secondary N) is 2. The Hall–Kier alpha value is -2.48. The minimum atomic E-state index is -0.572. The predicted octanol–water partition coefficient (Wildman–Crippen LogP) is 1.57. The van der Waals surface area contributed by atoms with Crippen LogP contribution in [0.1, 0.15) is 28.5 Å². The van der Waals surface area contributed by atoms with Crippen LogP contribution in [0.4, 0.5) is 0 Å². The third-order valence-corrected chi connectivity index (χ3v) is 3.62. The van der Waals surface area contributed by atoms with Gasteiger partial charge in [0.05, 0.1) is 19.6 Å². The lowest BCUT2D eigenvalue weighted by molar-refractivity contribution is -0.141. The van der Waals surface area contributed by atoms with Crippen molar-refractivity contribution in [3.63, 3.8) is 0 Å². The van der Waals surface area contributed by atoms with Gasteiger partial charge in [-0.3, -0.25) is 14.4 Å². The Morgan fingerprint density at radius 1 is 1.26 bits per heavy atom. The van der Waals surface area contributed by atoms with Gasteiger partial charge in [-0.15, -0.1) is 0 Å². The SMILES string of the molecule is COC(=O)C[C@@H](NC(=O)c1ccc(=O)[nH]n1)c1ccc(Br)cc1. The van der Waals surface area contributed by atoms with Gasteiger partial charge in [-0.2, -0.15) is 5.10 Å². The predicted molar refractivity (Wildman–Crippen MR) is 85.8 cm³/mol. The van der Waals surface area contributed by atoms with Gasteiger partial charge in [0.2, 0.25) is 0 Å². The van der Waals surface area contributed by atoms with E-state index in [0.717, 1.165) is 10.0 Å². The molecule has 1 aromatic heterocycles. The molecule has 2 aromatic rings. The zero-order valence-corrected chi connectivity index (χ0v) is 13.8. The highest BCUT2D eigenvalue weighted by Gasteiger charge is 2.20. The maximum atomic E-state index is 12.2. The van der Waals surface area contributed by atoms with Gasteiger partial charge < -0.3 is 10.1 Å². The molecule has 2 rings (SSSR count). The van der Waals surface area contributed by atoms with E-state index in [-0.39, 0.29) is 12.1 Å². The summed E-state index contributed by atoms with van der Waals surface area (Å²) >= 11 is 3.33. The molecule has 1 aromatic carbocycles. The summed E-state index contributed by atoms with van der Waals surface area (Å²) in [5, 5.41) is 8.57. The number of H-pyrrole nitrogens is 1. The molecule has 8 heteroatoms. The van der Waals surface area contributed by atoms with E-state index in [1.165, 1.54) is 19.2 Å². The van der Waals surface area contributed by atoms with Crippen LogP contribution in [0.5, 0.6) is 0 Å². The van der Waals surface area contributed by atoms with Crippen molar-refractivity contribution in [2.75, 3.05) is 7.11 Å². The molecule has 120 valence electrons. The summed E-state index contributed by atoms with van der Waals surface area (Å²) in [6, 6.07) is 9.14. The lowest BCUT2D eigenvalue weighted by Gasteiger charge is -2.18. The summed E-state index contributed by atoms with van der Waals surface area (Å²) in [5.41, 5.74) is 0.397. The van der Waals surface area contributed by atoms with Crippen LogP contribution in [-0.2, 0) is 9.53 Å². The number of halogens is 1.